The quantitative estimate of drug-likeness (QED) is 0.271. The summed E-state index contributed by atoms with van der Waals surface area (Å²) in [6, 6.07) is 22.2. The van der Waals surface area contributed by atoms with E-state index >= 15 is 0 Å². The molecule has 0 spiro atoms. The van der Waals surface area contributed by atoms with E-state index in [1.807, 2.05) is 6.08 Å². The van der Waals surface area contributed by atoms with Gasteiger partial charge >= 0.3 is 0 Å². The van der Waals surface area contributed by atoms with Gasteiger partial charge in [0.25, 0.3) is 0 Å². The van der Waals surface area contributed by atoms with Crippen molar-refractivity contribution in [1.29, 1.82) is 0 Å². The Morgan fingerprint density at radius 2 is 1.48 bits per heavy atom. The van der Waals surface area contributed by atoms with Crippen molar-refractivity contribution in [1.82, 2.24) is 0 Å². The number of alkyl halides is 1. The van der Waals surface area contributed by atoms with Crippen molar-refractivity contribution in [3.63, 3.8) is 0 Å². The van der Waals surface area contributed by atoms with Crippen molar-refractivity contribution in [3.8, 4) is 11.1 Å². The maximum Gasteiger partial charge on any atom is 0.0973 e. The topological polar surface area (TPSA) is 0 Å². The highest BCUT2D eigenvalue weighted by Gasteiger charge is 2.02. The van der Waals surface area contributed by atoms with Crippen molar-refractivity contribution in [2.75, 3.05) is 0 Å². The molecule has 3 rings (SSSR count). The van der Waals surface area contributed by atoms with Crippen LogP contribution in [-0.4, -0.2) is 6.17 Å². The third-order valence-electron chi connectivity index (χ3n) is 5.14. The average Bonchev–Trinajstić information content (AvgIpc) is 2.68. The lowest BCUT2D eigenvalue weighted by Gasteiger charge is -2.08. The molecule has 0 saturated carbocycles. The normalized spacial score (nSPS) is 12.2. The number of hydrogen-bond acceptors (Lipinski definition) is 0. The number of hydrogen-bond donors (Lipinski definition) is 0. The number of halogens is 1. The van der Waals surface area contributed by atoms with Crippen LogP contribution in [0.25, 0.3) is 21.9 Å². The molecule has 0 radical (unpaired) electrons. The van der Waals surface area contributed by atoms with Crippen molar-refractivity contribution in [2.45, 2.75) is 51.6 Å². The number of rotatable bonds is 9. The molecular weight excluding hydrogens is 331 g/mol. The average molecular weight is 361 g/mol. The van der Waals surface area contributed by atoms with Crippen LogP contribution in [0.2, 0.25) is 0 Å². The van der Waals surface area contributed by atoms with Crippen molar-refractivity contribution < 1.29 is 4.39 Å². The standard InChI is InChI=1S/C26H29F/c1-3-7-22-12-15-26-19-25(17-16-24(26)18-22)23-13-10-21(11-14-23)9-6-4-5-8-20(2)27/h3,10-20H,1,4-9H2,2H3. The molecule has 0 amide bonds. The van der Waals surface area contributed by atoms with Gasteiger partial charge in [0.2, 0.25) is 0 Å². The lowest BCUT2D eigenvalue weighted by Crippen LogP contribution is -1.92. The van der Waals surface area contributed by atoms with Crippen LogP contribution in [0.1, 0.15) is 43.7 Å². The molecule has 3 aromatic carbocycles. The van der Waals surface area contributed by atoms with E-state index in [9.17, 15) is 4.39 Å². The Labute approximate surface area is 162 Å². The molecule has 0 aliphatic rings. The molecule has 0 nitrogen and oxygen atoms in total. The first-order chi connectivity index (χ1) is 13.2. The summed E-state index contributed by atoms with van der Waals surface area (Å²) in [5.74, 6) is 0. The third kappa shape index (κ3) is 5.53. The van der Waals surface area contributed by atoms with Gasteiger partial charge in [0.15, 0.2) is 0 Å². The Morgan fingerprint density at radius 1 is 0.815 bits per heavy atom. The monoisotopic (exact) mass is 360 g/mol. The van der Waals surface area contributed by atoms with Gasteiger partial charge in [-0.15, -0.1) is 6.58 Å². The molecule has 1 heteroatoms. The van der Waals surface area contributed by atoms with Crippen LogP contribution in [0, 0.1) is 0 Å². The molecule has 1 atom stereocenters. The predicted octanol–water partition coefficient (Wildman–Crippen LogP) is 7.70. The molecule has 0 saturated heterocycles. The lowest BCUT2D eigenvalue weighted by atomic mass is 9.97. The van der Waals surface area contributed by atoms with Gasteiger partial charge in [-0.1, -0.05) is 73.5 Å². The number of allylic oxidation sites excluding steroid dienone is 1. The fourth-order valence-electron chi connectivity index (χ4n) is 3.56. The van der Waals surface area contributed by atoms with Crippen molar-refractivity contribution >= 4 is 10.8 Å². The van der Waals surface area contributed by atoms with Gasteiger partial charge in [0, 0.05) is 0 Å². The maximum atomic E-state index is 12.8. The van der Waals surface area contributed by atoms with Crippen LogP contribution in [0.3, 0.4) is 0 Å². The lowest BCUT2D eigenvalue weighted by molar-refractivity contribution is 0.330. The summed E-state index contributed by atoms with van der Waals surface area (Å²) in [5, 5.41) is 2.55. The molecule has 27 heavy (non-hydrogen) atoms. The molecule has 1 unspecified atom stereocenters. The SMILES string of the molecule is C=CCc1ccc2cc(-c3ccc(CCCCCC(C)F)cc3)ccc2c1. The third-order valence-corrected chi connectivity index (χ3v) is 5.14. The minimum atomic E-state index is -0.667. The van der Waals surface area contributed by atoms with Gasteiger partial charge in [0.05, 0.1) is 6.17 Å². The molecule has 140 valence electrons. The van der Waals surface area contributed by atoms with Gasteiger partial charge in [-0.3, -0.25) is 0 Å². The first-order valence-corrected chi connectivity index (χ1v) is 10.0. The van der Waals surface area contributed by atoms with E-state index in [0.717, 1.165) is 32.1 Å². The largest absolute Gasteiger partial charge is 0.248 e. The van der Waals surface area contributed by atoms with E-state index in [0.29, 0.717) is 6.42 Å². The highest BCUT2D eigenvalue weighted by molar-refractivity contribution is 5.87. The summed E-state index contributed by atoms with van der Waals surface area (Å²) in [6.07, 6.45) is 7.18. The van der Waals surface area contributed by atoms with Crippen LogP contribution in [0.5, 0.6) is 0 Å². The van der Waals surface area contributed by atoms with Gasteiger partial charge in [-0.2, -0.15) is 0 Å². The summed E-state index contributed by atoms with van der Waals surface area (Å²) in [6.45, 7) is 5.46. The Balaban J connectivity index is 1.64. The Hall–Kier alpha value is -2.41. The van der Waals surface area contributed by atoms with Crippen LogP contribution in [0.15, 0.2) is 73.3 Å². The van der Waals surface area contributed by atoms with E-state index < -0.39 is 6.17 Å². The van der Waals surface area contributed by atoms with Crippen LogP contribution < -0.4 is 0 Å². The van der Waals surface area contributed by atoms with Gasteiger partial charge in [-0.05, 0) is 71.7 Å². The molecule has 0 heterocycles. The zero-order chi connectivity index (χ0) is 19.1. The minimum Gasteiger partial charge on any atom is -0.248 e. The maximum absolute atomic E-state index is 12.8. The Morgan fingerprint density at radius 3 is 2.22 bits per heavy atom. The summed E-state index contributed by atoms with van der Waals surface area (Å²) in [4.78, 5) is 0. The molecule has 0 aliphatic heterocycles. The van der Waals surface area contributed by atoms with E-state index in [2.05, 4.69) is 67.2 Å². The molecule has 0 N–H and O–H groups in total. The Kier molecular flexibility index (Phi) is 6.81. The summed E-state index contributed by atoms with van der Waals surface area (Å²) in [5.41, 5.74) is 5.17. The highest BCUT2D eigenvalue weighted by atomic mass is 19.1. The summed E-state index contributed by atoms with van der Waals surface area (Å²) >= 11 is 0. The second-order valence-corrected chi connectivity index (χ2v) is 7.47. The molecule has 0 bridgehead atoms. The number of fused-ring (bicyclic) bond motifs is 1. The van der Waals surface area contributed by atoms with Gasteiger partial charge < -0.3 is 0 Å². The van der Waals surface area contributed by atoms with E-state index in [1.54, 1.807) is 6.92 Å². The molecule has 0 fully saturated rings. The first kappa shape index (κ1) is 19.4. The zero-order valence-corrected chi connectivity index (χ0v) is 16.3. The number of unbranched alkanes of at least 4 members (excludes halogenated alkanes) is 2. The number of benzene rings is 3. The van der Waals surface area contributed by atoms with Crippen LogP contribution >= 0.6 is 0 Å². The second-order valence-electron chi connectivity index (χ2n) is 7.47. The molecule has 0 aromatic heterocycles. The minimum absolute atomic E-state index is 0.667. The fraction of sp³-hybridized carbons (Fsp3) is 0.308. The zero-order valence-electron chi connectivity index (χ0n) is 16.3. The van der Waals surface area contributed by atoms with E-state index in [4.69, 9.17) is 0 Å². The predicted molar refractivity (Wildman–Crippen MR) is 116 cm³/mol. The first-order valence-electron chi connectivity index (χ1n) is 10.0. The van der Waals surface area contributed by atoms with Gasteiger partial charge in [0.1, 0.15) is 0 Å². The molecule has 3 aromatic rings. The Bertz CT molecular complexity index is 874. The van der Waals surface area contributed by atoms with Crippen molar-refractivity contribution in [2.24, 2.45) is 0 Å². The van der Waals surface area contributed by atoms with Crippen molar-refractivity contribution in [3.05, 3.63) is 84.4 Å². The second kappa shape index (κ2) is 9.50. The highest BCUT2D eigenvalue weighted by Crippen LogP contribution is 2.26. The molecular formula is C26H29F. The smallest absolute Gasteiger partial charge is 0.0973 e. The van der Waals surface area contributed by atoms with E-state index in [1.165, 1.54) is 33.0 Å². The van der Waals surface area contributed by atoms with Crippen LogP contribution in [-0.2, 0) is 12.8 Å². The summed E-state index contributed by atoms with van der Waals surface area (Å²) < 4.78 is 12.8. The van der Waals surface area contributed by atoms with Gasteiger partial charge in [-0.25, -0.2) is 4.39 Å². The summed E-state index contributed by atoms with van der Waals surface area (Å²) in [7, 11) is 0. The fourth-order valence-corrected chi connectivity index (χ4v) is 3.56. The molecule has 0 aliphatic carbocycles. The number of aryl methyl sites for hydroxylation is 1. The van der Waals surface area contributed by atoms with E-state index in [-0.39, 0.29) is 0 Å². The van der Waals surface area contributed by atoms with Crippen LogP contribution in [0.4, 0.5) is 4.39 Å².